The maximum atomic E-state index is 14.6. The third-order valence-electron chi connectivity index (χ3n) is 4.54. The molecular weight excluding hydrogens is 417 g/mol. The first-order valence-electron chi connectivity index (χ1n) is 8.49. The molecule has 28 heavy (non-hydrogen) atoms. The van der Waals surface area contributed by atoms with Crippen LogP contribution in [0.4, 0.5) is 29.3 Å². The number of amides is 1. The van der Waals surface area contributed by atoms with E-state index >= 15 is 0 Å². The predicted molar refractivity (Wildman–Crippen MR) is 103 cm³/mol. The van der Waals surface area contributed by atoms with Gasteiger partial charge >= 0.3 is 6.09 Å². The summed E-state index contributed by atoms with van der Waals surface area (Å²) in [4.78, 5) is 14.4. The van der Waals surface area contributed by atoms with E-state index in [9.17, 15) is 22.2 Å². The second-order valence-corrected chi connectivity index (χ2v) is 9.39. The number of nitrogens with zero attached hydrogens (tertiary/aromatic N) is 2. The summed E-state index contributed by atoms with van der Waals surface area (Å²) in [5.41, 5.74) is 0.596. The van der Waals surface area contributed by atoms with E-state index in [4.69, 9.17) is 9.52 Å². The highest BCUT2D eigenvalue weighted by molar-refractivity contribution is 7.92. The van der Waals surface area contributed by atoms with Crippen LogP contribution in [0.5, 0.6) is 0 Å². The summed E-state index contributed by atoms with van der Waals surface area (Å²) in [5.74, 6) is -0.187. The largest absolute Gasteiger partial charge is 0.442 e. The highest BCUT2D eigenvalue weighted by atomic mass is 32.2. The van der Waals surface area contributed by atoms with Gasteiger partial charge in [-0.3, -0.25) is 9.68 Å². The van der Waals surface area contributed by atoms with Crippen LogP contribution < -0.4 is 15.1 Å². The van der Waals surface area contributed by atoms with Gasteiger partial charge in [0.15, 0.2) is 0 Å². The molecule has 0 radical (unpaired) electrons. The highest BCUT2D eigenvalue weighted by Crippen LogP contribution is 2.28. The molecule has 2 aliphatic rings. The van der Waals surface area contributed by atoms with Crippen molar-refractivity contribution in [3.63, 3.8) is 0 Å². The predicted octanol–water partition coefficient (Wildman–Crippen LogP) is 2.20. The summed E-state index contributed by atoms with van der Waals surface area (Å²) in [6.07, 6.45) is -4.18. The Morgan fingerprint density at radius 1 is 1.39 bits per heavy atom. The summed E-state index contributed by atoms with van der Waals surface area (Å²) in [5, 5.41) is 2.34. The Morgan fingerprint density at radius 2 is 2.07 bits per heavy atom. The lowest BCUT2D eigenvalue weighted by atomic mass is 10.2. The molecule has 1 amide bonds. The Balaban J connectivity index is 1.65. The molecule has 2 N–H and O–H groups in total. The number of ether oxygens (including phenoxy) is 1. The number of benzene rings is 1. The van der Waals surface area contributed by atoms with Crippen LogP contribution >= 0.6 is 12.2 Å². The van der Waals surface area contributed by atoms with Crippen molar-refractivity contribution in [3.05, 3.63) is 24.0 Å². The maximum absolute atomic E-state index is 14.6. The van der Waals surface area contributed by atoms with Crippen molar-refractivity contribution in [2.45, 2.75) is 12.5 Å². The lowest BCUT2D eigenvalue weighted by Gasteiger charge is -2.30. The average Bonchev–Trinajstić information content (AvgIpc) is 3.00. The second kappa shape index (κ2) is 8.11. The van der Waals surface area contributed by atoms with Crippen molar-refractivity contribution in [2.24, 2.45) is 0 Å². The molecule has 2 heterocycles. The minimum atomic E-state index is -2.79. The van der Waals surface area contributed by atoms with Crippen molar-refractivity contribution < 1.29 is 26.9 Å². The number of rotatable bonds is 5. The number of hydrogen-bond donors (Lipinski definition) is 2. The van der Waals surface area contributed by atoms with Gasteiger partial charge in [-0.05, 0) is 18.2 Å². The van der Waals surface area contributed by atoms with Crippen LogP contribution in [-0.2, 0) is 14.5 Å². The van der Waals surface area contributed by atoms with Crippen molar-refractivity contribution in [1.82, 2.24) is 5.32 Å². The first-order valence-corrected chi connectivity index (χ1v) is 10.8. The van der Waals surface area contributed by atoms with Crippen molar-refractivity contribution in [2.75, 3.05) is 47.5 Å². The molecule has 1 atom stereocenters. The summed E-state index contributed by atoms with van der Waals surface area (Å²) >= 11 is 4.47. The van der Waals surface area contributed by atoms with E-state index in [0.717, 1.165) is 0 Å². The van der Waals surface area contributed by atoms with Crippen molar-refractivity contribution in [3.8, 4) is 0 Å². The molecule has 0 aliphatic carbocycles. The molecule has 2 aliphatic heterocycles. The summed E-state index contributed by atoms with van der Waals surface area (Å²) in [7, 11) is -2.58. The Kier molecular flexibility index (Phi) is 5.98. The van der Waals surface area contributed by atoms with Crippen LogP contribution in [0.25, 0.3) is 0 Å². The fourth-order valence-electron chi connectivity index (χ4n) is 3.02. The van der Waals surface area contributed by atoms with Gasteiger partial charge in [-0.2, -0.15) is 0 Å². The van der Waals surface area contributed by atoms with Gasteiger partial charge in [0.25, 0.3) is 6.43 Å². The molecule has 12 heteroatoms. The van der Waals surface area contributed by atoms with Crippen LogP contribution in [0.3, 0.4) is 0 Å². The first-order chi connectivity index (χ1) is 13.2. The summed E-state index contributed by atoms with van der Waals surface area (Å²) < 4.78 is 63.8. The van der Waals surface area contributed by atoms with Crippen LogP contribution in [0.15, 0.2) is 18.2 Å². The molecule has 2 fully saturated rings. The van der Waals surface area contributed by atoms with Gasteiger partial charge in [0.2, 0.25) is 0 Å². The smallest absolute Gasteiger partial charge is 0.414 e. The normalized spacial score (nSPS) is 21.7. The quantitative estimate of drug-likeness (QED) is 0.689. The third-order valence-corrected chi connectivity index (χ3v) is 6.55. The number of hydrogen-bond acceptors (Lipinski definition) is 6. The number of halogens is 3. The van der Waals surface area contributed by atoms with Gasteiger partial charge in [0.1, 0.15) is 16.9 Å². The van der Waals surface area contributed by atoms with Crippen LogP contribution in [0.1, 0.15) is 0 Å². The number of anilines is 2. The lowest BCUT2D eigenvalue weighted by molar-refractivity contribution is 0.142. The first kappa shape index (κ1) is 20.6. The monoisotopic (exact) mass is 436 g/mol. The third kappa shape index (κ3) is 4.66. The number of cyclic esters (lactones) is 1. The molecule has 0 bridgehead atoms. The number of carbonyl (C=O) groups is 1. The second-order valence-electron chi connectivity index (χ2n) is 6.51. The fraction of sp³-hybridized carbons (Fsp3) is 0.500. The molecule has 7 nitrogen and oxygen atoms in total. The Bertz CT molecular complexity index is 868. The molecule has 0 saturated carbocycles. The standard InChI is InChI=1S/C16H19F3N4O3S2/c17-12-7-10(1-2-13(12)22-3-5-28(20,25)6-4-22)23-9-11(26-16(23)24)8-21-15(27)14(18)19/h1-2,7,11,14,20H,3-6,8-9H2,(H,21,27). The van der Waals surface area contributed by atoms with Crippen molar-refractivity contribution in [1.29, 1.82) is 4.78 Å². The SMILES string of the molecule is N=S1(=O)CCN(c2ccc(N3CC(CNC(=S)C(F)F)OC3=O)cc2F)CC1. The Labute approximate surface area is 165 Å². The molecule has 0 spiro atoms. The molecule has 154 valence electrons. The highest BCUT2D eigenvalue weighted by Gasteiger charge is 2.33. The van der Waals surface area contributed by atoms with E-state index in [1.165, 1.54) is 17.0 Å². The number of nitrogens with one attached hydrogen (secondary N) is 2. The molecular formula is C16H19F3N4O3S2. The zero-order chi connectivity index (χ0) is 20.5. The zero-order valence-corrected chi connectivity index (χ0v) is 16.3. The minimum absolute atomic E-state index is 0.0633. The maximum Gasteiger partial charge on any atom is 0.414 e. The Hall–Kier alpha value is -2.08. The van der Waals surface area contributed by atoms with E-state index in [1.54, 1.807) is 11.0 Å². The van der Waals surface area contributed by atoms with E-state index in [2.05, 4.69) is 17.5 Å². The van der Waals surface area contributed by atoms with Gasteiger partial charge in [0.05, 0.1) is 24.5 Å². The van der Waals surface area contributed by atoms with Gasteiger partial charge in [-0.1, -0.05) is 12.2 Å². The lowest BCUT2D eigenvalue weighted by Crippen LogP contribution is -2.40. The van der Waals surface area contributed by atoms with Gasteiger partial charge in [-0.25, -0.2) is 22.2 Å². The molecule has 2 saturated heterocycles. The van der Waals surface area contributed by atoms with E-state index in [1.807, 2.05) is 0 Å². The average molecular weight is 436 g/mol. The summed E-state index contributed by atoms with van der Waals surface area (Å²) in [6, 6.07) is 4.28. The van der Waals surface area contributed by atoms with Crippen LogP contribution in [0.2, 0.25) is 0 Å². The molecule has 3 rings (SSSR count). The van der Waals surface area contributed by atoms with E-state index in [0.29, 0.717) is 18.8 Å². The molecule has 1 aromatic rings. The fourth-order valence-corrected chi connectivity index (χ4v) is 4.34. The van der Waals surface area contributed by atoms with E-state index < -0.39 is 39.2 Å². The molecule has 0 aromatic heterocycles. The van der Waals surface area contributed by atoms with Gasteiger partial charge in [-0.15, -0.1) is 0 Å². The Morgan fingerprint density at radius 3 is 2.68 bits per heavy atom. The minimum Gasteiger partial charge on any atom is -0.442 e. The summed E-state index contributed by atoms with van der Waals surface area (Å²) in [6.45, 7) is 0.650. The van der Waals surface area contributed by atoms with Crippen LogP contribution in [0, 0.1) is 10.6 Å². The number of thiocarbonyl (C=S) groups is 1. The molecule has 1 unspecified atom stereocenters. The van der Waals surface area contributed by atoms with Gasteiger partial charge in [0, 0.05) is 34.3 Å². The number of carbonyl (C=O) groups excluding carboxylic acids is 1. The zero-order valence-electron chi connectivity index (χ0n) is 14.7. The molecule has 1 aromatic carbocycles. The van der Waals surface area contributed by atoms with Gasteiger partial charge < -0.3 is 15.0 Å². The number of alkyl halides is 2. The van der Waals surface area contributed by atoms with E-state index in [-0.39, 0.29) is 30.3 Å². The topological polar surface area (TPSA) is 85.7 Å². The van der Waals surface area contributed by atoms with Crippen LogP contribution in [-0.4, -0.2) is 65.5 Å². The van der Waals surface area contributed by atoms with Crippen molar-refractivity contribution >= 4 is 44.4 Å².